The number of fused-ring (bicyclic) bond motifs is 1. The number of ether oxygens (including phenoxy) is 3. The maximum Gasteiger partial charge on any atom is 0.263 e. The van der Waals surface area contributed by atoms with Crippen LogP contribution in [0.15, 0.2) is 36.4 Å². The molecule has 2 aromatic rings. The molecule has 6 nitrogen and oxygen atoms in total. The zero-order chi connectivity index (χ0) is 20.4. The number of quaternary nitrogens is 1. The summed E-state index contributed by atoms with van der Waals surface area (Å²) in [5, 5.41) is 0.662. The average Bonchev–Trinajstić information content (AvgIpc) is 3.18. The molecule has 0 unspecified atom stereocenters. The lowest BCUT2D eigenvalue weighted by Crippen LogP contribution is -3.13. The highest BCUT2D eigenvalue weighted by Crippen LogP contribution is 2.32. The van der Waals surface area contributed by atoms with E-state index in [9.17, 15) is 4.79 Å². The summed E-state index contributed by atoms with van der Waals surface area (Å²) in [6, 6.07) is 11.5. The van der Waals surface area contributed by atoms with Crippen LogP contribution in [0.2, 0.25) is 5.02 Å². The van der Waals surface area contributed by atoms with Gasteiger partial charge in [-0.3, -0.25) is 4.79 Å². The van der Waals surface area contributed by atoms with Gasteiger partial charge in [-0.2, -0.15) is 0 Å². The molecule has 1 fully saturated rings. The van der Waals surface area contributed by atoms with E-state index in [1.807, 2.05) is 36.9 Å². The van der Waals surface area contributed by atoms with Crippen LogP contribution in [-0.2, 0) is 11.3 Å². The number of hydrogen-bond acceptors (Lipinski definition) is 4. The van der Waals surface area contributed by atoms with Gasteiger partial charge in [-0.15, -0.1) is 0 Å². The lowest BCUT2D eigenvalue weighted by atomic mass is 10.1. The molecule has 0 spiro atoms. The molecule has 2 aliphatic rings. The van der Waals surface area contributed by atoms with E-state index in [4.69, 9.17) is 25.8 Å². The Morgan fingerprint density at radius 2 is 1.93 bits per heavy atom. The minimum absolute atomic E-state index is 0.0291. The normalized spacial score (nSPS) is 17.3. The number of piperazine rings is 1. The predicted octanol–water partition coefficient (Wildman–Crippen LogP) is 2.07. The number of nitrogens with zero attached hydrogens (tertiary/aromatic N) is 1. The van der Waals surface area contributed by atoms with Crippen LogP contribution in [0.5, 0.6) is 17.2 Å². The predicted molar refractivity (Wildman–Crippen MR) is 110 cm³/mol. The van der Waals surface area contributed by atoms with Crippen molar-refractivity contribution in [3.63, 3.8) is 0 Å². The Morgan fingerprint density at radius 1 is 1.17 bits per heavy atom. The smallest absolute Gasteiger partial charge is 0.263 e. The number of benzene rings is 2. The fourth-order valence-electron chi connectivity index (χ4n) is 3.80. The van der Waals surface area contributed by atoms with Crippen molar-refractivity contribution in [2.45, 2.75) is 26.5 Å². The molecule has 0 radical (unpaired) electrons. The number of aryl methyl sites for hydroxylation is 1. The van der Waals surface area contributed by atoms with Crippen LogP contribution >= 0.6 is 11.6 Å². The van der Waals surface area contributed by atoms with Crippen LogP contribution in [0.3, 0.4) is 0 Å². The monoisotopic (exact) mass is 417 g/mol. The number of carbonyl (C=O) groups excluding carboxylic acids is 1. The number of hydrogen-bond donors (Lipinski definition) is 1. The zero-order valence-corrected chi connectivity index (χ0v) is 17.5. The van der Waals surface area contributed by atoms with Crippen molar-refractivity contribution in [2.75, 3.05) is 33.0 Å². The van der Waals surface area contributed by atoms with Crippen LogP contribution in [0.25, 0.3) is 0 Å². The van der Waals surface area contributed by atoms with E-state index >= 15 is 0 Å². The van der Waals surface area contributed by atoms with Gasteiger partial charge >= 0.3 is 0 Å². The minimum Gasteiger partial charge on any atom is -0.481 e. The molecule has 1 atom stereocenters. The Kier molecular flexibility index (Phi) is 5.83. The van der Waals surface area contributed by atoms with Gasteiger partial charge in [0.15, 0.2) is 17.6 Å². The summed E-state index contributed by atoms with van der Waals surface area (Å²) >= 11 is 5.99. The van der Waals surface area contributed by atoms with Crippen molar-refractivity contribution in [2.24, 2.45) is 0 Å². The highest BCUT2D eigenvalue weighted by molar-refractivity contribution is 6.30. The van der Waals surface area contributed by atoms with Crippen LogP contribution < -0.4 is 19.1 Å². The average molecular weight is 418 g/mol. The fraction of sp³-hybridized carbons (Fsp3) is 0.409. The zero-order valence-electron chi connectivity index (χ0n) is 16.7. The summed E-state index contributed by atoms with van der Waals surface area (Å²) in [5.74, 6) is 2.35. The first kappa shape index (κ1) is 19.9. The first-order valence-corrected chi connectivity index (χ1v) is 10.3. The topological polar surface area (TPSA) is 52.4 Å². The van der Waals surface area contributed by atoms with E-state index < -0.39 is 6.10 Å². The molecule has 2 aliphatic heterocycles. The van der Waals surface area contributed by atoms with Crippen molar-refractivity contribution < 1.29 is 23.9 Å². The van der Waals surface area contributed by atoms with Crippen molar-refractivity contribution in [3.8, 4) is 17.2 Å². The molecule has 2 heterocycles. The summed E-state index contributed by atoms with van der Waals surface area (Å²) < 4.78 is 16.7. The lowest BCUT2D eigenvalue weighted by Gasteiger charge is -2.33. The molecule has 0 aliphatic carbocycles. The second kappa shape index (κ2) is 8.51. The molecular formula is C22H26ClN2O4+. The molecule has 1 amide bonds. The second-order valence-corrected chi connectivity index (χ2v) is 8.05. The van der Waals surface area contributed by atoms with E-state index in [-0.39, 0.29) is 5.91 Å². The minimum atomic E-state index is -0.523. The highest BCUT2D eigenvalue weighted by atomic mass is 35.5. The molecule has 1 saturated heterocycles. The van der Waals surface area contributed by atoms with E-state index in [0.29, 0.717) is 17.6 Å². The van der Waals surface area contributed by atoms with Gasteiger partial charge in [0, 0.05) is 10.6 Å². The summed E-state index contributed by atoms with van der Waals surface area (Å²) in [4.78, 5) is 16.2. The number of carbonyl (C=O) groups is 1. The van der Waals surface area contributed by atoms with Crippen LogP contribution in [0.4, 0.5) is 0 Å². The summed E-state index contributed by atoms with van der Waals surface area (Å²) in [7, 11) is 0. The van der Waals surface area contributed by atoms with Crippen molar-refractivity contribution >= 4 is 17.5 Å². The molecule has 154 valence electrons. The van der Waals surface area contributed by atoms with E-state index in [2.05, 4.69) is 12.1 Å². The maximum absolute atomic E-state index is 12.8. The van der Waals surface area contributed by atoms with Gasteiger partial charge in [-0.25, -0.2) is 0 Å². The van der Waals surface area contributed by atoms with Gasteiger partial charge < -0.3 is 24.0 Å². The van der Waals surface area contributed by atoms with Crippen molar-refractivity contribution in [1.82, 2.24) is 4.90 Å². The summed E-state index contributed by atoms with van der Waals surface area (Å²) in [5.41, 5.74) is 2.15. The molecule has 0 bridgehead atoms. The van der Waals surface area contributed by atoms with E-state index in [1.165, 1.54) is 10.5 Å². The highest BCUT2D eigenvalue weighted by Gasteiger charge is 2.28. The van der Waals surface area contributed by atoms with E-state index in [0.717, 1.165) is 49.8 Å². The number of halogens is 1. The maximum atomic E-state index is 12.8. The number of nitrogens with one attached hydrogen (secondary N) is 1. The van der Waals surface area contributed by atoms with Crippen molar-refractivity contribution in [1.29, 1.82) is 0 Å². The molecule has 29 heavy (non-hydrogen) atoms. The Hall–Kier alpha value is -2.44. The molecular weight excluding hydrogens is 392 g/mol. The summed E-state index contributed by atoms with van der Waals surface area (Å²) in [6.45, 7) is 8.22. The molecule has 2 aromatic carbocycles. The third-order valence-electron chi connectivity index (χ3n) is 5.46. The van der Waals surface area contributed by atoms with Gasteiger partial charge in [0.25, 0.3) is 5.91 Å². The Balaban J connectivity index is 1.29. The Morgan fingerprint density at radius 3 is 2.69 bits per heavy atom. The SMILES string of the molecule is Cc1cc(Cl)ccc1O[C@@H](C)C(=O)N1CC[NH+](Cc2ccc3c(c2)OCO3)CC1. The standard InChI is InChI=1S/C22H25ClN2O4/c1-15-11-18(23)4-6-19(15)29-16(2)22(26)25-9-7-24(8-10-25)13-17-3-5-20-21(12-17)28-14-27-20/h3-6,11-12,16H,7-10,13-14H2,1-2H3/p+1/t16-/m0/s1. The molecule has 0 aromatic heterocycles. The first-order chi connectivity index (χ1) is 14.0. The van der Waals surface area contributed by atoms with Gasteiger partial charge in [0.2, 0.25) is 6.79 Å². The number of rotatable bonds is 5. The Bertz CT molecular complexity index is 896. The van der Waals surface area contributed by atoms with E-state index in [1.54, 1.807) is 6.07 Å². The van der Waals surface area contributed by atoms with Crippen LogP contribution in [-0.4, -0.2) is 49.9 Å². The van der Waals surface area contributed by atoms with Gasteiger partial charge in [0.05, 0.1) is 26.2 Å². The molecule has 1 N–H and O–H groups in total. The molecule has 7 heteroatoms. The number of amides is 1. The summed E-state index contributed by atoms with van der Waals surface area (Å²) in [6.07, 6.45) is -0.523. The third-order valence-corrected chi connectivity index (χ3v) is 5.70. The molecule has 0 saturated carbocycles. The first-order valence-electron chi connectivity index (χ1n) is 9.93. The quantitative estimate of drug-likeness (QED) is 0.809. The largest absolute Gasteiger partial charge is 0.481 e. The van der Waals surface area contributed by atoms with Gasteiger partial charge in [-0.1, -0.05) is 11.6 Å². The van der Waals surface area contributed by atoms with Crippen molar-refractivity contribution in [3.05, 3.63) is 52.5 Å². The van der Waals surface area contributed by atoms with Crippen LogP contribution in [0.1, 0.15) is 18.1 Å². The van der Waals surface area contributed by atoms with Gasteiger partial charge in [0.1, 0.15) is 12.3 Å². The van der Waals surface area contributed by atoms with Crippen LogP contribution in [0, 0.1) is 6.92 Å². The third kappa shape index (κ3) is 4.60. The van der Waals surface area contributed by atoms with Gasteiger partial charge in [-0.05, 0) is 55.8 Å². The second-order valence-electron chi connectivity index (χ2n) is 7.61. The molecule has 4 rings (SSSR count). The Labute approximate surface area is 175 Å². The fourth-order valence-corrected chi connectivity index (χ4v) is 4.03. The lowest BCUT2D eigenvalue weighted by molar-refractivity contribution is -0.917.